The zero-order chi connectivity index (χ0) is 12.9. The van der Waals surface area contributed by atoms with Crippen LogP contribution in [0.5, 0.6) is 5.75 Å². The molecule has 0 saturated heterocycles. The van der Waals surface area contributed by atoms with Crippen LogP contribution in [0.4, 0.5) is 0 Å². The van der Waals surface area contributed by atoms with Gasteiger partial charge >= 0.3 is 0 Å². The van der Waals surface area contributed by atoms with Crippen LogP contribution in [0.25, 0.3) is 0 Å². The highest BCUT2D eigenvalue weighted by Crippen LogP contribution is 2.48. The molecule has 0 radical (unpaired) electrons. The second-order valence-electron chi connectivity index (χ2n) is 4.67. The van der Waals surface area contributed by atoms with Crippen molar-refractivity contribution in [2.75, 3.05) is 6.61 Å². The molecule has 0 fully saturated rings. The fourth-order valence-electron chi connectivity index (χ4n) is 2.76. The molecule has 1 spiro atoms. The highest BCUT2D eigenvalue weighted by atomic mass is 16.5. The number of nitrogens with zero attached hydrogens (tertiary/aromatic N) is 1. The first-order valence-electron chi connectivity index (χ1n) is 6.06. The van der Waals surface area contributed by atoms with Gasteiger partial charge in [0.05, 0.1) is 12.5 Å². The third-order valence-electron chi connectivity index (χ3n) is 3.63. The summed E-state index contributed by atoms with van der Waals surface area (Å²) < 4.78 is 16.6. The molecule has 0 amide bonds. The molecule has 0 saturated carbocycles. The number of hydrogen-bond acceptors (Lipinski definition) is 5. The standard InChI is InChI=1S/C14H12N2O3/c15-13-16-14(8-18-13)9-3-1-2-4-11(9)19-12-5-6-17-7-10(12)14/h1-7,12H,8H2,(H2,15,16). The lowest BCUT2D eigenvalue weighted by Crippen LogP contribution is -2.41. The van der Waals surface area contributed by atoms with E-state index in [1.165, 1.54) is 0 Å². The predicted octanol–water partition coefficient (Wildman–Crippen LogP) is 1.42. The first-order chi connectivity index (χ1) is 9.29. The quantitative estimate of drug-likeness (QED) is 0.762. The number of nitrogens with two attached hydrogens (primary N) is 1. The van der Waals surface area contributed by atoms with E-state index >= 15 is 0 Å². The SMILES string of the molecule is NC1=NC2(CO1)C1=COC=CC1Oc1ccccc12. The summed E-state index contributed by atoms with van der Waals surface area (Å²) in [7, 11) is 0. The fourth-order valence-corrected chi connectivity index (χ4v) is 2.76. The lowest BCUT2D eigenvalue weighted by molar-refractivity contribution is 0.179. The van der Waals surface area contributed by atoms with Gasteiger partial charge in [-0.2, -0.15) is 0 Å². The van der Waals surface area contributed by atoms with Crippen molar-refractivity contribution in [3.8, 4) is 5.75 Å². The van der Waals surface area contributed by atoms with Crippen molar-refractivity contribution >= 4 is 6.02 Å². The summed E-state index contributed by atoms with van der Waals surface area (Å²) in [6, 6.07) is 8.00. The molecule has 4 rings (SSSR count). The largest absolute Gasteiger partial charge is 0.481 e. The molecule has 1 aromatic rings. The van der Waals surface area contributed by atoms with E-state index in [2.05, 4.69) is 4.99 Å². The second kappa shape index (κ2) is 3.54. The number of aliphatic imine (C=N–C) groups is 1. The third kappa shape index (κ3) is 1.32. The molecular weight excluding hydrogens is 244 g/mol. The molecule has 2 unspecified atom stereocenters. The lowest BCUT2D eigenvalue weighted by Gasteiger charge is -2.38. The Kier molecular flexibility index (Phi) is 1.95. The average Bonchev–Trinajstić information content (AvgIpc) is 2.82. The van der Waals surface area contributed by atoms with Gasteiger partial charge in [-0.25, -0.2) is 4.99 Å². The van der Waals surface area contributed by atoms with Gasteiger partial charge in [-0.05, 0) is 12.1 Å². The summed E-state index contributed by atoms with van der Waals surface area (Å²) >= 11 is 0. The van der Waals surface area contributed by atoms with Crippen molar-refractivity contribution in [1.82, 2.24) is 0 Å². The summed E-state index contributed by atoms with van der Waals surface area (Å²) in [5.41, 5.74) is 6.96. The van der Waals surface area contributed by atoms with E-state index in [9.17, 15) is 0 Å². The monoisotopic (exact) mass is 256 g/mol. The summed E-state index contributed by atoms with van der Waals surface area (Å²) in [4.78, 5) is 4.52. The van der Waals surface area contributed by atoms with Crippen LogP contribution < -0.4 is 10.5 Å². The second-order valence-corrected chi connectivity index (χ2v) is 4.67. The van der Waals surface area contributed by atoms with Gasteiger partial charge in [0.1, 0.15) is 18.5 Å². The Balaban J connectivity index is 1.97. The smallest absolute Gasteiger partial charge is 0.283 e. The van der Waals surface area contributed by atoms with Crippen molar-refractivity contribution in [3.05, 3.63) is 54.0 Å². The van der Waals surface area contributed by atoms with E-state index < -0.39 is 5.54 Å². The molecule has 2 atom stereocenters. The minimum atomic E-state index is -0.631. The Labute approximate surface area is 110 Å². The third-order valence-corrected chi connectivity index (χ3v) is 3.63. The van der Waals surface area contributed by atoms with Crippen molar-refractivity contribution in [1.29, 1.82) is 0 Å². The van der Waals surface area contributed by atoms with Crippen molar-refractivity contribution in [2.45, 2.75) is 11.6 Å². The van der Waals surface area contributed by atoms with Crippen LogP contribution >= 0.6 is 0 Å². The first kappa shape index (κ1) is 10.5. The van der Waals surface area contributed by atoms with Crippen LogP contribution in [0, 0.1) is 0 Å². The Bertz CT molecular complexity index is 635. The molecule has 96 valence electrons. The van der Waals surface area contributed by atoms with E-state index in [-0.39, 0.29) is 12.1 Å². The number of benzene rings is 1. The molecule has 3 aliphatic heterocycles. The van der Waals surface area contributed by atoms with Crippen molar-refractivity contribution in [3.63, 3.8) is 0 Å². The Hall–Kier alpha value is -2.43. The zero-order valence-corrected chi connectivity index (χ0v) is 10.1. The van der Waals surface area contributed by atoms with E-state index in [1.807, 2.05) is 30.3 Å². The minimum absolute atomic E-state index is 0.193. The highest BCUT2D eigenvalue weighted by molar-refractivity contribution is 5.76. The molecule has 1 aromatic carbocycles. The average molecular weight is 256 g/mol. The Morgan fingerprint density at radius 2 is 2.21 bits per heavy atom. The van der Waals surface area contributed by atoms with Gasteiger partial charge in [0.25, 0.3) is 6.02 Å². The van der Waals surface area contributed by atoms with Gasteiger partial charge < -0.3 is 19.9 Å². The first-order valence-corrected chi connectivity index (χ1v) is 6.06. The normalized spacial score (nSPS) is 30.4. The van der Waals surface area contributed by atoms with E-state index in [4.69, 9.17) is 19.9 Å². The topological polar surface area (TPSA) is 66.1 Å². The summed E-state index contributed by atoms with van der Waals surface area (Å²) in [5, 5.41) is 0. The van der Waals surface area contributed by atoms with Crippen molar-refractivity contribution < 1.29 is 14.2 Å². The molecule has 19 heavy (non-hydrogen) atoms. The van der Waals surface area contributed by atoms with E-state index in [0.29, 0.717) is 6.61 Å². The molecule has 5 heteroatoms. The molecule has 0 bridgehead atoms. The van der Waals surface area contributed by atoms with Crippen LogP contribution in [0.15, 0.2) is 53.4 Å². The molecule has 3 heterocycles. The molecule has 0 aliphatic carbocycles. The van der Waals surface area contributed by atoms with Crippen LogP contribution in [-0.2, 0) is 15.0 Å². The number of rotatable bonds is 0. The summed E-state index contributed by atoms with van der Waals surface area (Å²) in [6.07, 6.45) is 4.95. The maximum absolute atomic E-state index is 5.96. The minimum Gasteiger partial charge on any atom is -0.481 e. The number of fused-ring (bicyclic) bond motifs is 4. The number of ether oxygens (including phenoxy) is 3. The van der Waals surface area contributed by atoms with E-state index in [0.717, 1.165) is 16.9 Å². The zero-order valence-electron chi connectivity index (χ0n) is 10.1. The van der Waals surface area contributed by atoms with Crippen LogP contribution in [0.2, 0.25) is 0 Å². The van der Waals surface area contributed by atoms with Crippen molar-refractivity contribution in [2.24, 2.45) is 10.7 Å². The summed E-state index contributed by atoms with van der Waals surface area (Å²) in [5.74, 6) is 0.804. The van der Waals surface area contributed by atoms with Crippen LogP contribution in [0.3, 0.4) is 0 Å². The molecule has 5 nitrogen and oxygen atoms in total. The number of hydrogen-bond donors (Lipinski definition) is 1. The van der Waals surface area contributed by atoms with Gasteiger partial charge in [0, 0.05) is 11.1 Å². The van der Waals surface area contributed by atoms with Gasteiger partial charge in [-0.1, -0.05) is 18.2 Å². The maximum Gasteiger partial charge on any atom is 0.283 e. The molecule has 3 aliphatic rings. The molecule has 2 N–H and O–H groups in total. The van der Waals surface area contributed by atoms with Crippen LogP contribution in [0.1, 0.15) is 5.56 Å². The van der Waals surface area contributed by atoms with E-state index in [1.54, 1.807) is 12.5 Å². The lowest BCUT2D eigenvalue weighted by atomic mass is 9.79. The number of amidine groups is 1. The predicted molar refractivity (Wildman–Crippen MR) is 68.4 cm³/mol. The fraction of sp³-hybridized carbons (Fsp3) is 0.214. The van der Waals surface area contributed by atoms with Gasteiger partial charge in [-0.15, -0.1) is 0 Å². The van der Waals surface area contributed by atoms with Gasteiger partial charge in [0.15, 0.2) is 5.54 Å². The van der Waals surface area contributed by atoms with Gasteiger partial charge in [0.2, 0.25) is 0 Å². The highest BCUT2D eigenvalue weighted by Gasteiger charge is 2.50. The molecule has 0 aromatic heterocycles. The Morgan fingerprint density at radius 1 is 1.32 bits per heavy atom. The summed E-state index contributed by atoms with van der Waals surface area (Å²) in [6.45, 7) is 0.374. The van der Waals surface area contributed by atoms with Crippen LogP contribution in [-0.4, -0.2) is 18.7 Å². The molecular formula is C14H12N2O3. The van der Waals surface area contributed by atoms with Gasteiger partial charge in [-0.3, -0.25) is 0 Å². The Morgan fingerprint density at radius 3 is 3.05 bits per heavy atom. The number of para-hydroxylation sites is 1. The maximum atomic E-state index is 5.96.